The first-order valence-electron chi connectivity index (χ1n) is 12.8. The van der Waals surface area contributed by atoms with Crippen molar-refractivity contribution in [1.29, 1.82) is 0 Å². The van der Waals surface area contributed by atoms with Gasteiger partial charge >= 0.3 is 0 Å². The number of unbranched alkanes of at least 4 members (excludes halogenated alkanes) is 1. The van der Waals surface area contributed by atoms with Crippen molar-refractivity contribution in [3.8, 4) is 0 Å². The standard InChI is InChI=1S/C29H34FN5/c1-3-4-13-27(25-12-8-15-28(31-25)33-18-5-6-19-33)35-22(2)16-17-29(32-35)34-20-9-14-26(34)23-10-7-11-24(30)21-23/h7-8,10-13,15-17,21,26H,2-6,9,14,18-20H2,1H3/b27-13-. The minimum atomic E-state index is -0.195. The third kappa shape index (κ3) is 5.02. The molecule has 0 spiro atoms. The molecule has 0 saturated carbocycles. The van der Waals surface area contributed by atoms with Crippen LogP contribution in [0.4, 0.5) is 10.2 Å². The van der Waals surface area contributed by atoms with E-state index in [-0.39, 0.29) is 11.9 Å². The number of nitrogens with zero attached hydrogens (tertiary/aromatic N) is 5. The topological polar surface area (TPSA) is 35.0 Å². The molecule has 182 valence electrons. The Morgan fingerprint density at radius 1 is 1.09 bits per heavy atom. The molecule has 2 aromatic rings. The maximum atomic E-state index is 14.0. The van der Waals surface area contributed by atoms with Crippen molar-refractivity contribution in [1.82, 2.24) is 14.9 Å². The Labute approximate surface area is 208 Å². The number of likely N-dealkylation sites (tertiary alicyclic amines) is 1. The summed E-state index contributed by atoms with van der Waals surface area (Å²) in [4.78, 5) is 9.68. The maximum absolute atomic E-state index is 14.0. The molecule has 1 aromatic heterocycles. The number of rotatable bonds is 6. The number of hydrogen-bond acceptors (Lipinski definition) is 5. The van der Waals surface area contributed by atoms with E-state index in [1.54, 1.807) is 12.1 Å². The minimum absolute atomic E-state index is 0.113. The Bertz CT molecular complexity index is 1160. The fourth-order valence-corrected chi connectivity index (χ4v) is 5.17. The SMILES string of the molecule is C=C1C=CC(N2CCCC2c2cccc(F)c2)=NN1/C(=C\CCC)c1cccc(N2CCCC2)n1. The van der Waals surface area contributed by atoms with E-state index < -0.39 is 0 Å². The highest BCUT2D eigenvalue weighted by atomic mass is 19.1. The van der Waals surface area contributed by atoms with Gasteiger partial charge in [-0.2, -0.15) is 0 Å². The summed E-state index contributed by atoms with van der Waals surface area (Å²) in [6.45, 7) is 9.47. The molecule has 1 aromatic carbocycles. The number of aromatic nitrogens is 1. The molecule has 0 amide bonds. The predicted octanol–water partition coefficient (Wildman–Crippen LogP) is 6.50. The van der Waals surface area contributed by atoms with E-state index >= 15 is 0 Å². The first-order valence-corrected chi connectivity index (χ1v) is 12.8. The Kier molecular flexibility index (Phi) is 6.98. The van der Waals surface area contributed by atoms with Gasteiger partial charge in [-0.15, -0.1) is 5.10 Å². The molecule has 35 heavy (non-hydrogen) atoms. The van der Waals surface area contributed by atoms with E-state index in [2.05, 4.69) is 47.6 Å². The Morgan fingerprint density at radius 2 is 1.91 bits per heavy atom. The van der Waals surface area contributed by atoms with Gasteiger partial charge in [0.05, 0.1) is 23.1 Å². The lowest BCUT2D eigenvalue weighted by molar-refractivity contribution is 0.385. The van der Waals surface area contributed by atoms with Gasteiger partial charge in [-0.1, -0.05) is 44.2 Å². The molecule has 0 radical (unpaired) electrons. The van der Waals surface area contributed by atoms with Crippen LogP contribution in [0.2, 0.25) is 0 Å². The van der Waals surface area contributed by atoms with Crippen molar-refractivity contribution < 1.29 is 4.39 Å². The van der Waals surface area contributed by atoms with E-state index in [1.165, 1.54) is 18.9 Å². The lowest BCUT2D eigenvalue weighted by Crippen LogP contribution is -2.33. The van der Waals surface area contributed by atoms with Crippen LogP contribution in [-0.4, -0.2) is 40.4 Å². The molecule has 3 aliphatic heterocycles. The summed E-state index contributed by atoms with van der Waals surface area (Å²) >= 11 is 0. The van der Waals surface area contributed by atoms with Crippen LogP contribution in [0.15, 0.2) is 78.1 Å². The van der Waals surface area contributed by atoms with Crippen molar-refractivity contribution in [2.75, 3.05) is 24.5 Å². The number of allylic oxidation sites excluding steroid dienone is 2. The average molecular weight is 472 g/mol. The van der Waals surface area contributed by atoms with Crippen LogP contribution >= 0.6 is 0 Å². The summed E-state index contributed by atoms with van der Waals surface area (Å²) in [7, 11) is 0. The normalized spacial score (nSPS) is 20.7. The third-order valence-corrected chi connectivity index (χ3v) is 6.96. The maximum Gasteiger partial charge on any atom is 0.150 e. The molecule has 4 heterocycles. The van der Waals surface area contributed by atoms with Crippen LogP contribution in [0.3, 0.4) is 0 Å². The van der Waals surface area contributed by atoms with Crippen molar-refractivity contribution in [3.63, 3.8) is 0 Å². The quantitative estimate of drug-likeness (QED) is 0.482. The number of hydrazone groups is 1. The highest BCUT2D eigenvalue weighted by molar-refractivity contribution is 5.95. The van der Waals surface area contributed by atoms with Crippen molar-refractivity contribution >= 4 is 17.4 Å². The first-order chi connectivity index (χ1) is 17.1. The van der Waals surface area contributed by atoms with Crippen molar-refractivity contribution in [3.05, 3.63) is 90.0 Å². The van der Waals surface area contributed by atoms with Crippen molar-refractivity contribution in [2.45, 2.75) is 51.5 Å². The number of pyridine rings is 1. The molecule has 2 fully saturated rings. The first kappa shape index (κ1) is 23.3. The highest BCUT2D eigenvalue weighted by Crippen LogP contribution is 2.35. The predicted molar refractivity (Wildman–Crippen MR) is 141 cm³/mol. The molecule has 5 nitrogen and oxygen atoms in total. The van der Waals surface area contributed by atoms with Gasteiger partial charge in [-0.3, -0.25) is 0 Å². The number of anilines is 1. The second-order valence-electron chi connectivity index (χ2n) is 9.45. The molecule has 3 aliphatic rings. The Hall–Kier alpha value is -3.41. The summed E-state index contributed by atoms with van der Waals surface area (Å²) in [5, 5.41) is 7.01. The smallest absolute Gasteiger partial charge is 0.150 e. The second-order valence-corrected chi connectivity index (χ2v) is 9.45. The molecular weight excluding hydrogens is 437 g/mol. The largest absolute Gasteiger partial charge is 0.357 e. The minimum Gasteiger partial charge on any atom is -0.357 e. The van der Waals surface area contributed by atoms with E-state index in [0.29, 0.717) is 0 Å². The monoisotopic (exact) mass is 471 g/mol. The van der Waals surface area contributed by atoms with Gasteiger partial charge in [-0.05, 0) is 74.1 Å². The van der Waals surface area contributed by atoms with E-state index in [4.69, 9.17) is 10.1 Å². The van der Waals surface area contributed by atoms with Gasteiger partial charge in [-0.25, -0.2) is 14.4 Å². The van der Waals surface area contributed by atoms with Crippen LogP contribution in [0.1, 0.15) is 62.7 Å². The van der Waals surface area contributed by atoms with Crippen molar-refractivity contribution in [2.24, 2.45) is 5.10 Å². The van der Waals surface area contributed by atoms with Gasteiger partial charge in [0.1, 0.15) is 17.5 Å². The van der Waals surface area contributed by atoms with Gasteiger partial charge in [0.25, 0.3) is 0 Å². The summed E-state index contributed by atoms with van der Waals surface area (Å²) < 4.78 is 14.0. The molecule has 0 bridgehead atoms. The van der Waals surface area contributed by atoms with Gasteiger partial charge in [0.15, 0.2) is 0 Å². The molecule has 0 N–H and O–H groups in total. The molecular formula is C29H34FN5. The number of halogens is 1. The number of amidine groups is 1. The van der Waals surface area contributed by atoms with Crippen LogP contribution in [0, 0.1) is 5.82 Å². The van der Waals surface area contributed by atoms with Gasteiger partial charge < -0.3 is 9.80 Å². The molecule has 1 atom stereocenters. The summed E-state index contributed by atoms with van der Waals surface area (Å²) in [6.07, 6.45) is 12.7. The molecule has 6 heteroatoms. The molecule has 5 rings (SSSR count). The molecule has 1 unspecified atom stereocenters. The van der Waals surface area contributed by atoms with Crippen LogP contribution in [-0.2, 0) is 0 Å². The molecule has 0 aliphatic carbocycles. The van der Waals surface area contributed by atoms with E-state index in [0.717, 1.165) is 79.6 Å². The average Bonchev–Trinajstić information content (AvgIpc) is 3.58. The molecule has 2 saturated heterocycles. The lowest BCUT2D eigenvalue weighted by atomic mass is 10.0. The third-order valence-electron chi connectivity index (χ3n) is 6.96. The fourth-order valence-electron chi connectivity index (χ4n) is 5.17. The van der Waals surface area contributed by atoms with E-state index in [9.17, 15) is 4.39 Å². The second kappa shape index (κ2) is 10.5. The lowest BCUT2D eigenvalue weighted by Gasteiger charge is -2.32. The number of benzene rings is 1. The van der Waals surface area contributed by atoms with Crippen LogP contribution < -0.4 is 4.90 Å². The van der Waals surface area contributed by atoms with Crippen LogP contribution in [0.25, 0.3) is 5.70 Å². The highest BCUT2D eigenvalue weighted by Gasteiger charge is 2.30. The summed E-state index contributed by atoms with van der Waals surface area (Å²) in [6, 6.07) is 13.3. The Morgan fingerprint density at radius 3 is 2.71 bits per heavy atom. The zero-order valence-electron chi connectivity index (χ0n) is 20.5. The zero-order chi connectivity index (χ0) is 24.2. The Balaban J connectivity index is 1.47. The van der Waals surface area contributed by atoms with Gasteiger partial charge in [0, 0.05) is 19.6 Å². The van der Waals surface area contributed by atoms with Crippen LogP contribution in [0.5, 0.6) is 0 Å². The van der Waals surface area contributed by atoms with Gasteiger partial charge in [0.2, 0.25) is 0 Å². The summed E-state index contributed by atoms with van der Waals surface area (Å²) in [5.74, 6) is 1.71. The fraction of sp³-hybridized carbons (Fsp3) is 0.379. The van der Waals surface area contributed by atoms with E-state index in [1.807, 2.05) is 23.2 Å². The zero-order valence-corrected chi connectivity index (χ0v) is 20.5. The number of hydrogen-bond donors (Lipinski definition) is 0. The summed E-state index contributed by atoms with van der Waals surface area (Å²) in [5.41, 5.74) is 3.68.